The fraction of sp³-hybridized carbons (Fsp3) is 0.318. The zero-order valence-electron chi connectivity index (χ0n) is 17.2. The summed E-state index contributed by atoms with van der Waals surface area (Å²) in [7, 11) is 0.270. The molecule has 0 saturated carbocycles. The highest BCUT2D eigenvalue weighted by Crippen LogP contribution is 2.33. The van der Waals surface area contributed by atoms with E-state index in [1.165, 1.54) is 25.3 Å². The number of amides is 1. The van der Waals surface area contributed by atoms with Gasteiger partial charge in [-0.2, -0.15) is 0 Å². The molecule has 164 valence electrons. The smallest absolute Gasteiger partial charge is 0.246 e. The highest BCUT2D eigenvalue weighted by Gasteiger charge is 2.27. The number of aldehydes is 2. The van der Waals surface area contributed by atoms with Gasteiger partial charge in [0.1, 0.15) is 21.2 Å². The van der Waals surface area contributed by atoms with Gasteiger partial charge in [0.15, 0.2) is 24.1 Å². The lowest BCUT2D eigenvalue weighted by molar-refractivity contribution is 0.0853. The second-order valence-corrected chi connectivity index (χ2v) is 9.71. The van der Waals surface area contributed by atoms with E-state index in [9.17, 15) is 24.6 Å². The highest BCUT2D eigenvalue weighted by atomic mass is 28.2. The molecule has 31 heavy (non-hydrogen) atoms. The third-order valence-corrected chi connectivity index (χ3v) is 7.64. The fourth-order valence-electron chi connectivity index (χ4n) is 3.76. The maximum Gasteiger partial charge on any atom is 0.246 e. The largest absolute Gasteiger partial charge is 0.507 e. The Kier molecular flexibility index (Phi) is 7.30. The molecular weight excluding hydrogens is 418 g/mol. The molecule has 1 atom stereocenters. The summed E-state index contributed by atoms with van der Waals surface area (Å²) >= 11 is 0. The van der Waals surface area contributed by atoms with Gasteiger partial charge in [0.05, 0.1) is 30.4 Å². The quantitative estimate of drug-likeness (QED) is 0.499. The van der Waals surface area contributed by atoms with Crippen LogP contribution in [0.1, 0.15) is 50.3 Å². The van der Waals surface area contributed by atoms with Gasteiger partial charge in [0, 0.05) is 12.1 Å². The minimum absolute atomic E-state index is 0.0780. The Balaban J connectivity index is 1.76. The Hall–Kier alpha value is -3.33. The molecule has 2 aromatic carbocycles. The summed E-state index contributed by atoms with van der Waals surface area (Å²) in [6.07, 6.45) is 3.68. The number of nitrogens with zero attached hydrogens (tertiary/aromatic N) is 1. The molecular formula is C22H25NO7Si. The molecule has 1 aliphatic heterocycles. The van der Waals surface area contributed by atoms with E-state index in [2.05, 4.69) is 0 Å². The fourth-order valence-corrected chi connectivity index (χ4v) is 5.82. The van der Waals surface area contributed by atoms with Crippen LogP contribution >= 0.6 is 0 Å². The van der Waals surface area contributed by atoms with Crippen molar-refractivity contribution in [3.8, 4) is 23.0 Å². The topological polar surface area (TPSA) is 113 Å². The number of hydrogen-bond donors (Lipinski definition) is 2. The number of phenolic OH excluding ortho intramolecular Hbond substituents is 2. The van der Waals surface area contributed by atoms with Gasteiger partial charge in [0.2, 0.25) is 5.91 Å². The average Bonchev–Trinajstić information content (AvgIpc) is 3.02. The Labute approximate surface area is 182 Å². The van der Waals surface area contributed by atoms with Crippen LogP contribution in [0.5, 0.6) is 23.0 Å². The molecule has 2 aromatic rings. The van der Waals surface area contributed by atoms with Crippen LogP contribution in [-0.4, -0.2) is 63.2 Å². The van der Waals surface area contributed by atoms with Crippen molar-refractivity contribution in [2.45, 2.75) is 24.8 Å². The number of carbonyl (C=O) groups is 3. The molecule has 1 saturated heterocycles. The second-order valence-electron chi connectivity index (χ2n) is 7.43. The molecule has 0 aromatic heterocycles. The number of carbonyl (C=O) groups excluding carboxylic acids is 3. The molecule has 8 nitrogen and oxygen atoms in total. The zero-order chi connectivity index (χ0) is 22.4. The Morgan fingerprint density at radius 3 is 2.61 bits per heavy atom. The monoisotopic (exact) mass is 443 g/mol. The third kappa shape index (κ3) is 4.88. The Morgan fingerprint density at radius 1 is 1.13 bits per heavy atom. The number of aromatic hydroxyl groups is 2. The SMILES string of the molecule is COc1ccc(C(=O)N2CCCC[C@@H](COc3cccc(O)c3C=O)[SiH2]2)c(C=O)c1O. The number of methoxy groups -OCH3 is 1. The van der Waals surface area contributed by atoms with Crippen molar-refractivity contribution in [2.24, 2.45) is 0 Å². The maximum atomic E-state index is 13.2. The van der Waals surface area contributed by atoms with E-state index >= 15 is 0 Å². The van der Waals surface area contributed by atoms with Gasteiger partial charge in [0.25, 0.3) is 0 Å². The predicted molar refractivity (Wildman–Crippen MR) is 116 cm³/mol. The van der Waals surface area contributed by atoms with Gasteiger partial charge in [-0.3, -0.25) is 14.4 Å². The predicted octanol–water partition coefficient (Wildman–Crippen LogP) is 2.31. The van der Waals surface area contributed by atoms with Gasteiger partial charge in [-0.15, -0.1) is 0 Å². The minimum Gasteiger partial charge on any atom is -0.507 e. The first-order chi connectivity index (χ1) is 15.0. The molecule has 0 radical (unpaired) electrons. The van der Waals surface area contributed by atoms with Crippen LogP contribution in [0, 0.1) is 0 Å². The summed E-state index contributed by atoms with van der Waals surface area (Å²) in [5, 5.41) is 20.0. The summed E-state index contributed by atoms with van der Waals surface area (Å²) < 4.78 is 12.6. The standard InChI is InChI=1S/C22H25NO7Si/c1-29-20-9-8-15(16(11-24)21(20)27)22(28)23-10-3-2-5-14(31-23)13-30-19-7-4-6-18(26)17(19)12-25/h4,6-9,11-12,14,26-27H,2-3,5,10,13,31H2,1H3/t14-/m0/s1. The number of rotatable bonds is 7. The van der Waals surface area contributed by atoms with E-state index < -0.39 is 9.68 Å². The minimum atomic E-state index is -1.11. The first kappa shape index (κ1) is 22.4. The zero-order valence-corrected chi connectivity index (χ0v) is 18.7. The van der Waals surface area contributed by atoms with Gasteiger partial charge < -0.3 is 24.3 Å². The molecule has 0 aliphatic carbocycles. The molecule has 1 aliphatic rings. The van der Waals surface area contributed by atoms with E-state index in [-0.39, 0.29) is 45.4 Å². The molecule has 3 rings (SSSR count). The molecule has 1 fully saturated rings. The maximum absolute atomic E-state index is 13.2. The molecule has 0 bridgehead atoms. The van der Waals surface area contributed by atoms with Crippen molar-refractivity contribution in [1.29, 1.82) is 0 Å². The van der Waals surface area contributed by atoms with Crippen LogP contribution < -0.4 is 9.47 Å². The molecule has 0 spiro atoms. The van der Waals surface area contributed by atoms with Crippen molar-refractivity contribution < 1.29 is 34.1 Å². The number of ether oxygens (including phenoxy) is 2. The Morgan fingerprint density at radius 2 is 1.90 bits per heavy atom. The first-order valence-electron chi connectivity index (χ1n) is 10.0. The van der Waals surface area contributed by atoms with E-state index in [4.69, 9.17) is 9.47 Å². The van der Waals surface area contributed by atoms with Crippen molar-refractivity contribution in [1.82, 2.24) is 4.57 Å². The lowest BCUT2D eigenvalue weighted by atomic mass is 10.1. The lowest BCUT2D eigenvalue weighted by Gasteiger charge is -2.25. The summed E-state index contributed by atoms with van der Waals surface area (Å²) in [6, 6.07) is 7.62. The van der Waals surface area contributed by atoms with E-state index in [0.29, 0.717) is 31.5 Å². The van der Waals surface area contributed by atoms with Crippen LogP contribution in [0.25, 0.3) is 0 Å². The van der Waals surface area contributed by atoms with Crippen LogP contribution in [0.2, 0.25) is 5.54 Å². The van der Waals surface area contributed by atoms with Crippen molar-refractivity contribution >= 4 is 28.2 Å². The van der Waals surface area contributed by atoms with E-state index in [1.54, 1.807) is 16.7 Å². The number of benzene rings is 2. The summed E-state index contributed by atoms with van der Waals surface area (Å²) in [6.45, 7) is 0.910. The number of hydrogen-bond acceptors (Lipinski definition) is 7. The normalized spacial score (nSPS) is 17.1. The summed E-state index contributed by atoms with van der Waals surface area (Å²) in [5.41, 5.74) is 0.319. The first-order valence-corrected chi connectivity index (χ1v) is 11.5. The third-order valence-electron chi connectivity index (χ3n) is 5.44. The van der Waals surface area contributed by atoms with Crippen molar-refractivity contribution in [3.05, 3.63) is 47.0 Å². The van der Waals surface area contributed by atoms with Gasteiger partial charge >= 0.3 is 0 Å². The van der Waals surface area contributed by atoms with Crippen LogP contribution in [0.15, 0.2) is 30.3 Å². The van der Waals surface area contributed by atoms with Crippen molar-refractivity contribution in [3.63, 3.8) is 0 Å². The summed E-state index contributed by atoms with van der Waals surface area (Å²) in [5.74, 6) is -0.317. The molecule has 1 amide bonds. The summed E-state index contributed by atoms with van der Waals surface area (Å²) in [4.78, 5) is 36.0. The van der Waals surface area contributed by atoms with E-state index in [1.807, 2.05) is 0 Å². The van der Waals surface area contributed by atoms with Crippen LogP contribution in [-0.2, 0) is 0 Å². The molecule has 0 unspecified atom stereocenters. The van der Waals surface area contributed by atoms with Crippen molar-refractivity contribution in [2.75, 3.05) is 20.3 Å². The molecule has 2 N–H and O–H groups in total. The highest BCUT2D eigenvalue weighted by molar-refractivity contribution is 6.40. The molecule has 1 heterocycles. The van der Waals surface area contributed by atoms with Gasteiger partial charge in [-0.25, -0.2) is 0 Å². The van der Waals surface area contributed by atoms with Crippen LogP contribution in [0.3, 0.4) is 0 Å². The van der Waals surface area contributed by atoms with Crippen LogP contribution in [0.4, 0.5) is 0 Å². The van der Waals surface area contributed by atoms with Gasteiger partial charge in [-0.05, 0) is 37.1 Å². The lowest BCUT2D eigenvalue weighted by Crippen LogP contribution is -2.37. The average molecular weight is 444 g/mol. The van der Waals surface area contributed by atoms with E-state index in [0.717, 1.165) is 19.3 Å². The molecule has 9 heteroatoms. The Bertz CT molecular complexity index is 979. The van der Waals surface area contributed by atoms with Gasteiger partial charge in [-0.1, -0.05) is 12.5 Å². The number of phenols is 2. The second kappa shape index (κ2) is 10.1.